The summed E-state index contributed by atoms with van der Waals surface area (Å²) < 4.78 is 30.7. The Bertz CT molecular complexity index is 1110. The molecular formula is C24H26ClFN2O5. The van der Waals surface area contributed by atoms with Gasteiger partial charge in [0.15, 0.2) is 5.75 Å². The number of aliphatic hydroxyl groups excluding tert-OH is 1. The number of rotatable bonds is 3. The van der Waals surface area contributed by atoms with Gasteiger partial charge in [-0.05, 0) is 24.1 Å². The lowest BCUT2D eigenvalue weighted by Crippen LogP contribution is -2.65. The summed E-state index contributed by atoms with van der Waals surface area (Å²) in [6.07, 6.45) is -0.578. The predicted octanol–water partition coefficient (Wildman–Crippen LogP) is 3.39. The first-order valence-corrected chi connectivity index (χ1v) is 11.2. The second kappa shape index (κ2) is 7.84. The van der Waals surface area contributed by atoms with E-state index in [-0.39, 0.29) is 57.6 Å². The second-order valence-electron chi connectivity index (χ2n) is 9.03. The van der Waals surface area contributed by atoms with E-state index in [1.807, 2.05) is 19.0 Å². The van der Waals surface area contributed by atoms with Gasteiger partial charge in [-0.25, -0.2) is 9.40 Å². The normalized spacial score (nSPS) is 33.1. The van der Waals surface area contributed by atoms with Gasteiger partial charge in [0.2, 0.25) is 11.4 Å². The standard InChI is InChI=1S/C24H26ClFN2O5/c1-11-9-14-17(20(28(2)27-14)12-5-7-13(26)8-6-12)22(29)24(11)23(30)18-15(31-3)10-16(32-4)19(25)21(18)33-24/h5-8,10-11,14,17,20,22,27,29H,9H2,1-4H3. The van der Waals surface area contributed by atoms with Gasteiger partial charge in [-0.1, -0.05) is 30.7 Å². The molecule has 2 aromatic rings. The molecule has 2 N–H and O–H groups in total. The minimum Gasteiger partial charge on any atom is -0.496 e. The molecule has 33 heavy (non-hydrogen) atoms. The van der Waals surface area contributed by atoms with Crippen LogP contribution >= 0.6 is 11.6 Å². The Kier molecular flexibility index (Phi) is 5.32. The molecule has 0 aromatic heterocycles. The van der Waals surface area contributed by atoms with Gasteiger partial charge in [-0.3, -0.25) is 10.2 Å². The molecule has 2 aromatic carbocycles. The lowest BCUT2D eigenvalue weighted by atomic mass is 9.63. The Morgan fingerprint density at radius 1 is 1.24 bits per heavy atom. The topological polar surface area (TPSA) is 80.3 Å². The maximum absolute atomic E-state index is 13.9. The fourth-order valence-corrected chi connectivity index (χ4v) is 6.15. The summed E-state index contributed by atoms with van der Waals surface area (Å²) in [7, 11) is 4.81. The van der Waals surface area contributed by atoms with Crippen molar-refractivity contribution in [1.82, 2.24) is 10.4 Å². The van der Waals surface area contributed by atoms with Crippen LogP contribution in [0.5, 0.6) is 17.2 Å². The maximum Gasteiger partial charge on any atom is 0.216 e. The molecule has 1 aliphatic carbocycles. The summed E-state index contributed by atoms with van der Waals surface area (Å²) in [5, 5.41) is 13.9. The van der Waals surface area contributed by atoms with Crippen molar-refractivity contribution < 1.29 is 28.5 Å². The number of methoxy groups -OCH3 is 2. The quantitative estimate of drug-likeness (QED) is 0.703. The van der Waals surface area contributed by atoms with Crippen molar-refractivity contribution in [2.45, 2.75) is 37.1 Å². The highest BCUT2D eigenvalue weighted by molar-refractivity contribution is 6.35. The molecule has 0 amide bonds. The molecule has 7 nitrogen and oxygen atoms in total. The van der Waals surface area contributed by atoms with E-state index in [1.54, 1.807) is 18.2 Å². The van der Waals surface area contributed by atoms with Gasteiger partial charge in [0.25, 0.3) is 0 Å². The number of hydrogen-bond donors (Lipinski definition) is 2. The van der Waals surface area contributed by atoms with Crippen molar-refractivity contribution in [3.8, 4) is 17.2 Å². The monoisotopic (exact) mass is 476 g/mol. The number of nitrogens with zero attached hydrogens (tertiary/aromatic N) is 1. The Balaban J connectivity index is 1.61. The number of fused-ring (bicyclic) bond motifs is 2. The molecule has 2 aliphatic heterocycles. The number of Topliss-reactive ketones (excluding diaryl/α,β-unsaturated/α-hetero) is 1. The van der Waals surface area contributed by atoms with E-state index in [9.17, 15) is 14.3 Å². The van der Waals surface area contributed by atoms with Gasteiger partial charge in [-0.2, -0.15) is 0 Å². The fraction of sp³-hybridized carbons (Fsp3) is 0.458. The van der Waals surface area contributed by atoms with Gasteiger partial charge in [0.1, 0.15) is 34.0 Å². The lowest BCUT2D eigenvalue weighted by Gasteiger charge is -2.47. The second-order valence-corrected chi connectivity index (χ2v) is 9.40. The van der Waals surface area contributed by atoms with Gasteiger partial charge >= 0.3 is 0 Å². The zero-order valence-electron chi connectivity index (χ0n) is 18.8. The van der Waals surface area contributed by atoms with Crippen LogP contribution in [0.1, 0.15) is 35.3 Å². The first-order valence-electron chi connectivity index (χ1n) is 10.8. The van der Waals surface area contributed by atoms with Crippen molar-refractivity contribution in [1.29, 1.82) is 0 Å². The third kappa shape index (κ3) is 3.01. The van der Waals surface area contributed by atoms with Crippen LogP contribution in [0.4, 0.5) is 4.39 Å². The molecule has 2 heterocycles. The Hall–Kier alpha value is -2.39. The van der Waals surface area contributed by atoms with Crippen LogP contribution in [0.15, 0.2) is 30.3 Å². The predicted molar refractivity (Wildman–Crippen MR) is 119 cm³/mol. The van der Waals surface area contributed by atoms with Crippen LogP contribution in [0.3, 0.4) is 0 Å². The lowest BCUT2D eigenvalue weighted by molar-refractivity contribution is -0.111. The molecule has 2 fully saturated rings. The molecule has 6 unspecified atom stereocenters. The van der Waals surface area contributed by atoms with Crippen LogP contribution < -0.4 is 19.6 Å². The number of halogens is 2. The molecule has 3 aliphatic rings. The van der Waals surface area contributed by atoms with Gasteiger partial charge in [0.05, 0.1) is 20.3 Å². The molecule has 9 heteroatoms. The highest BCUT2D eigenvalue weighted by Gasteiger charge is 2.66. The maximum atomic E-state index is 13.9. The number of nitrogens with one attached hydrogen (secondary N) is 1. The summed E-state index contributed by atoms with van der Waals surface area (Å²) in [5.41, 5.74) is 2.94. The van der Waals surface area contributed by atoms with Crippen LogP contribution in [-0.4, -0.2) is 54.9 Å². The van der Waals surface area contributed by atoms with E-state index in [0.29, 0.717) is 12.2 Å². The minimum atomic E-state index is -1.53. The average Bonchev–Trinajstić information content (AvgIpc) is 3.29. The van der Waals surface area contributed by atoms with E-state index >= 15 is 0 Å². The van der Waals surface area contributed by atoms with E-state index < -0.39 is 11.7 Å². The van der Waals surface area contributed by atoms with E-state index in [1.165, 1.54) is 26.4 Å². The molecule has 0 bridgehead atoms. The fourth-order valence-electron chi connectivity index (χ4n) is 5.89. The molecule has 1 saturated heterocycles. The first kappa shape index (κ1) is 22.4. The number of hydrazine groups is 1. The summed E-state index contributed by atoms with van der Waals surface area (Å²) in [6.45, 7) is 1.90. The van der Waals surface area contributed by atoms with Crippen LogP contribution in [-0.2, 0) is 0 Å². The van der Waals surface area contributed by atoms with Crippen LogP contribution in [0.25, 0.3) is 0 Å². The van der Waals surface area contributed by atoms with Crippen molar-refractivity contribution in [2.75, 3.05) is 21.3 Å². The van der Waals surface area contributed by atoms with Crippen LogP contribution in [0.2, 0.25) is 5.02 Å². The Labute approximate surface area is 196 Å². The van der Waals surface area contributed by atoms with Gasteiger partial charge in [0, 0.05) is 31.0 Å². The van der Waals surface area contributed by atoms with E-state index in [4.69, 9.17) is 25.8 Å². The summed E-state index contributed by atoms with van der Waals surface area (Å²) in [5.74, 6) is -0.635. The number of hydrogen-bond acceptors (Lipinski definition) is 7. The largest absolute Gasteiger partial charge is 0.496 e. The number of carbonyl (C=O) groups excluding carboxylic acids is 1. The van der Waals surface area contributed by atoms with Crippen molar-refractivity contribution in [2.24, 2.45) is 11.8 Å². The number of carbonyl (C=O) groups is 1. The zero-order chi connectivity index (χ0) is 23.7. The molecule has 0 radical (unpaired) electrons. The molecule has 176 valence electrons. The number of ketones is 1. The van der Waals surface area contributed by atoms with Crippen molar-refractivity contribution in [3.63, 3.8) is 0 Å². The third-order valence-corrected chi connectivity index (χ3v) is 7.77. The first-order chi connectivity index (χ1) is 15.7. The van der Waals surface area contributed by atoms with Gasteiger partial charge < -0.3 is 19.3 Å². The molecular weight excluding hydrogens is 451 g/mol. The third-order valence-electron chi connectivity index (χ3n) is 7.42. The Morgan fingerprint density at radius 3 is 2.55 bits per heavy atom. The van der Waals surface area contributed by atoms with Gasteiger partial charge in [-0.15, -0.1) is 0 Å². The zero-order valence-corrected chi connectivity index (χ0v) is 19.5. The highest BCUT2D eigenvalue weighted by Crippen LogP contribution is 2.57. The smallest absolute Gasteiger partial charge is 0.216 e. The summed E-state index contributed by atoms with van der Waals surface area (Å²) in [6, 6.07) is 7.37. The summed E-state index contributed by atoms with van der Waals surface area (Å²) in [4.78, 5) is 13.9. The molecule has 1 saturated carbocycles. The SMILES string of the molecule is COc1cc(OC)c2c(c1Cl)OC1(C2=O)C(C)CC2NN(C)C(c3ccc(F)cc3)C2C1O. The number of benzene rings is 2. The average molecular weight is 477 g/mol. The molecule has 5 rings (SSSR count). The molecule has 6 atom stereocenters. The summed E-state index contributed by atoms with van der Waals surface area (Å²) >= 11 is 6.52. The number of ether oxygens (including phenoxy) is 3. The Morgan fingerprint density at radius 2 is 1.91 bits per heavy atom. The van der Waals surface area contributed by atoms with E-state index in [2.05, 4.69) is 5.43 Å². The van der Waals surface area contributed by atoms with Crippen molar-refractivity contribution >= 4 is 17.4 Å². The minimum absolute atomic E-state index is 0.0901. The number of aliphatic hydroxyl groups is 1. The van der Waals surface area contributed by atoms with Crippen LogP contribution in [0, 0.1) is 17.7 Å². The highest BCUT2D eigenvalue weighted by atomic mass is 35.5. The van der Waals surface area contributed by atoms with E-state index in [0.717, 1.165) is 5.56 Å². The van der Waals surface area contributed by atoms with Crippen molar-refractivity contribution in [3.05, 3.63) is 52.3 Å². The molecule has 1 spiro atoms.